The molecule has 0 aliphatic heterocycles. The van der Waals surface area contributed by atoms with Crippen molar-refractivity contribution < 1.29 is 4.79 Å². The quantitative estimate of drug-likeness (QED) is 0.462. The smallest absolute Gasteiger partial charge is 0.238 e. The van der Waals surface area contributed by atoms with Crippen LogP contribution in [0.25, 0.3) is 0 Å². The van der Waals surface area contributed by atoms with Gasteiger partial charge in [-0.15, -0.1) is 24.2 Å². The van der Waals surface area contributed by atoms with Crippen molar-refractivity contribution in [2.45, 2.75) is 6.04 Å². The molecular formula is C5H13ClN2OS2. The fourth-order valence-electron chi connectivity index (χ4n) is 0.357. The first-order valence-corrected chi connectivity index (χ1v) is 4.88. The topological polar surface area (TPSA) is 55.1 Å². The summed E-state index contributed by atoms with van der Waals surface area (Å²) < 4.78 is 0. The molecule has 0 aromatic rings. The van der Waals surface area contributed by atoms with E-state index in [2.05, 4.69) is 17.9 Å². The van der Waals surface area contributed by atoms with E-state index in [1.54, 1.807) is 11.8 Å². The fourth-order valence-corrected chi connectivity index (χ4v) is 0.810. The molecule has 3 nitrogen and oxygen atoms in total. The lowest BCUT2D eigenvalue weighted by atomic mass is 10.3. The Labute approximate surface area is 82.7 Å². The normalized spacial score (nSPS) is 11.5. The largest absolute Gasteiger partial charge is 0.346 e. The van der Waals surface area contributed by atoms with Gasteiger partial charge in [-0.1, -0.05) is 0 Å². The minimum atomic E-state index is -0.476. The molecule has 0 aromatic heterocycles. The molecule has 6 heteroatoms. The van der Waals surface area contributed by atoms with Gasteiger partial charge in [0.05, 0.1) is 11.9 Å². The summed E-state index contributed by atoms with van der Waals surface area (Å²) >= 11 is 5.43. The van der Waals surface area contributed by atoms with Gasteiger partial charge in [0.15, 0.2) is 0 Å². The van der Waals surface area contributed by atoms with Crippen LogP contribution in [-0.4, -0.2) is 29.8 Å². The first-order valence-electron chi connectivity index (χ1n) is 2.85. The Morgan fingerprint density at radius 3 is 2.73 bits per heavy atom. The molecule has 0 spiro atoms. The summed E-state index contributed by atoms with van der Waals surface area (Å²) in [5.74, 6) is 0.866. The molecular weight excluding hydrogens is 204 g/mol. The van der Waals surface area contributed by atoms with Gasteiger partial charge >= 0.3 is 0 Å². The van der Waals surface area contributed by atoms with Crippen molar-refractivity contribution in [3.05, 3.63) is 0 Å². The number of nitrogens with two attached hydrogens (primary N) is 1. The van der Waals surface area contributed by atoms with Crippen LogP contribution in [0.2, 0.25) is 0 Å². The number of thiol groups is 1. The number of thioether (sulfide) groups is 1. The summed E-state index contributed by atoms with van der Waals surface area (Å²) in [4.78, 5) is 10.8. The average Bonchev–Trinajstić information content (AvgIpc) is 1.98. The molecule has 0 saturated heterocycles. The van der Waals surface area contributed by atoms with E-state index < -0.39 is 6.04 Å². The number of hydrogen-bond donors (Lipinski definition) is 3. The summed E-state index contributed by atoms with van der Waals surface area (Å²) in [5, 5.41) is 2.63. The van der Waals surface area contributed by atoms with Crippen LogP contribution in [0.15, 0.2) is 0 Å². The second-order valence-electron chi connectivity index (χ2n) is 1.76. The number of halogens is 1. The second-order valence-corrected chi connectivity index (χ2v) is 2.99. The van der Waals surface area contributed by atoms with Gasteiger partial charge in [-0.05, 0) is 6.26 Å². The van der Waals surface area contributed by atoms with Gasteiger partial charge < -0.3 is 11.1 Å². The van der Waals surface area contributed by atoms with E-state index in [-0.39, 0.29) is 18.3 Å². The van der Waals surface area contributed by atoms with E-state index in [0.29, 0.717) is 11.6 Å². The maximum Gasteiger partial charge on any atom is 0.238 e. The molecule has 0 aliphatic carbocycles. The maximum absolute atomic E-state index is 10.8. The first-order chi connectivity index (χ1) is 4.72. The maximum atomic E-state index is 10.8. The number of hydrogen-bond acceptors (Lipinski definition) is 4. The lowest BCUT2D eigenvalue weighted by Crippen LogP contribution is -2.41. The summed E-state index contributed by atoms with van der Waals surface area (Å²) in [6, 6.07) is -0.476. The molecule has 3 N–H and O–H groups in total. The molecule has 0 aliphatic rings. The zero-order valence-electron chi connectivity index (χ0n) is 6.24. The van der Waals surface area contributed by atoms with Gasteiger partial charge in [0.1, 0.15) is 0 Å². The van der Waals surface area contributed by atoms with E-state index in [9.17, 15) is 4.79 Å². The van der Waals surface area contributed by atoms with E-state index in [0.717, 1.165) is 0 Å². The van der Waals surface area contributed by atoms with Crippen molar-refractivity contribution in [2.24, 2.45) is 5.73 Å². The highest BCUT2D eigenvalue weighted by Crippen LogP contribution is 1.88. The Morgan fingerprint density at radius 2 is 2.36 bits per heavy atom. The molecule has 0 aromatic carbocycles. The molecule has 0 unspecified atom stereocenters. The Hall–Kier alpha value is 0.420. The van der Waals surface area contributed by atoms with Crippen molar-refractivity contribution >= 4 is 42.7 Å². The van der Waals surface area contributed by atoms with Gasteiger partial charge in [0, 0.05) is 5.75 Å². The standard InChI is InChI=1S/C5H12N2OS2.ClH/c1-10-3-7-5(8)4(6)2-9;/h4,9H,2-3,6H2,1H3,(H,7,8);1H/t4-;/m0./s1. The molecule has 1 amide bonds. The highest BCUT2D eigenvalue weighted by molar-refractivity contribution is 7.98. The molecule has 0 radical (unpaired) electrons. The van der Waals surface area contributed by atoms with Crippen LogP contribution in [0.3, 0.4) is 0 Å². The lowest BCUT2D eigenvalue weighted by Gasteiger charge is -2.07. The van der Waals surface area contributed by atoms with Crippen molar-refractivity contribution in [3.63, 3.8) is 0 Å². The minimum absolute atomic E-state index is 0. The molecule has 1 atom stereocenters. The van der Waals surface area contributed by atoms with E-state index in [1.807, 2.05) is 6.26 Å². The Balaban J connectivity index is 0. The number of nitrogens with one attached hydrogen (secondary N) is 1. The van der Waals surface area contributed by atoms with Crippen LogP contribution in [0.1, 0.15) is 0 Å². The molecule has 0 fully saturated rings. The van der Waals surface area contributed by atoms with E-state index in [4.69, 9.17) is 5.73 Å². The summed E-state index contributed by atoms with van der Waals surface area (Å²) in [6.07, 6.45) is 1.91. The molecule has 11 heavy (non-hydrogen) atoms. The van der Waals surface area contributed by atoms with Crippen LogP contribution in [0.4, 0.5) is 0 Å². The fraction of sp³-hybridized carbons (Fsp3) is 0.800. The van der Waals surface area contributed by atoms with Crippen LogP contribution < -0.4 is 11.1 Å². The molecule has 0 bridgehead atoms. The van der Waals surface area contributed by atoms with Crippen LogP contribution in [0.5, 0.6) is 0 Å². The van der Waals surface area contributed by atoms with Gasteiger partial charge in [0.2, 0.25) is 5.91 Å². The second kappa shape index (κ2) is 8.52. The zero-order valence-corrected chi connectivity index (χ0v) is 8.77. The minimum Gasteiger partial charge on any atom is -0.346 e. The third kappa shape index (κ3) is 6.80. The zero-order chi connectivity index (χ0) is 7.98. The molecule has 0 heterocycles. The Kier molecular flexibility index (Phi) is 10.8. The Morgan fingerprint density at radius 1 is 1.82 bits per heavy atom. The average molecular weight is 217 g/mol. The molecule has 68 valence electrons. The third-order valence-electron chi connectivity index (χ3n) is 0.924. The number of amides is 1. The van der Waals surface area contributed by atoms with Crippen LogP contribution in [0, 0.1) is 0 Å². The van der Waals surface area contributed by atoms with Gasteiger partial charge in [-0.2, -0.15) is 12.6 Å². The van der Waals surface area contributed by atoms with E-state index in [1.165, 1.54) is 0 Å². The summed E-state index contributed by atoms with van der Waals surface area (Å²) in [6.45, 7) is 0. The monoisotopic (exact) mass is 216 g/mol. The van der Waals surface area contributed by atoms with Crippen molar-refractivity contribution in [1.29, 1.82) is 0 Å². The number of carbonyl (C=O) groups is 1. The van der Waals surface area contributed by atoms with Crippen molar-refractivity contribution in [2.75, 3.05) is 17.9 Å². The van der Waals surface area contributed by atoms with Crippen LogP contribution in [-0.2, 0) is 4.79 Å². The first kappa shape index (κ1) is 14.0. The summed E-state index contributed by atoms with van der Waals surface area (Å²) in [7, 11) is 0. The SMILES string of the molecule is CSCNC(=O)[C@@H](N)CS.Cl. The predicted molar refractivity (Wildman–Crippen MR) is 55.6 cm³/mol. The van der Waals surface area contributed by atoms with Crippen molar-refractivity contribution in [3.8, 4) is 0 Å². The summed E-state index contributed by atoms with van der Waals surface area (Å²) in [5.41, 5.74) is 5.36. The highest BCUT2D eigenvalue weighted by Gasteiger charge is 2.08. The van der Waals surface area contributed by atoms with Gasteiger partial charge in [-0.25, -0.2) is 0 Å². The number of rotatable bonds is 4. The molecule has 0 rings (SSSR count). The van der Waals surface area contributed by atoms with Gasteiger partial charge in [-0.3, -0.25) is 4.79 Å². The predicted octanol–water partition coefficient (Wildman–Crippen LogP) is 0.102. The van der Waals surface area contributed by atoms with Crippen molar-refractivity contribution in [1.82, 2.24) is 5.32 Å². The van der Waals surface area contributed by atoms with Gasteiger partial charge in [0.25, 0.3) is 0 Å². The number of carbonyl (C=O) groups excluding carboxylic acids is 1. The van der Waals surface area contributed by atoms with E-state index >= 15 is 0 Å². The third-order valence-corrected chi connectivity index (χ3v) is 1.75. The Bertz CT molecular complexity index is 115. The lowest BCUT2D eigenvalue weighted by molar-refractivity contribution is -0.121. The van der Waals surface area contributed by atoms with Crippen LogP contribution >= 0.6 is 36.8 Å². The highest BCUT2D eigenvalue weighted by atomic mass is 35.5. The molecule has 0 saturated carbocycles.